The molecule has 5 rings (SSSR count). The minimum atomic E-state index is -0.512. The smallest absolute Gasteiger partial charge is 0.410 e. The van der Waals surface area contributed by atoms with Gasteiger partial charge < -0.3 is 29.4 Å². The van der Waals surface area contributed by atoms with E-state index < -0.39 is 5.60 Å². The second-order valence-corrected chi connectivity index (χ2v) is 14.0. The van der Waals surface area contributed by atoms with E-state index in [1.165, 1.54) is 5.56 Å². The van der Waals surface area contributed by atoms with E-state index in [4.69, 9.17) is 9.84 Å². The van der Waals surface area contributed by atoms with Crippen LogP contribution in [0.5, 0.6) is 0 Å². The highest BCUT2D eigenvalue weighted by atomic mass is 16.6. The summed E-state index contributed by atoms with van der Waals surface area (Å²) in [6, 6.07) is 30.7. The summed E-state index contributed by atoms with van der Waals surface area (Å²) in [5, 5.41) is 7.00. The molecular weight excluding hydrogens is 640 g/mol. The summed E-state index contributed by atoms with van der Waals surface area (Å²) in [6.07, 6.45) is 5.75. The monoisotopic (exact) mass is 700 g/mol. The van der Waals surface area contributed by atoms with Crippen molar-refractivity contribution >= 4 is 29.3 Å². The molecule has 9 heteroatoms. The van der Waals surface area contributed by atoms with E-state index in [0.29, 0.717) is 25.9 Å². The van der Waals surface area contributed by atoms with Gasteiger partial charge in [0.25, 0.3) is 0 Å². The van der Waals surface area contributed by atoms with E-state index in [-0.39, 0.29) is 30.0 Å². The summed E-state index contributed by atoms with van der Waals surface area (Å²) in [5.41, 5.74) is 2.79. The van der Waals surface area contributed by atoms with E-state index in [1.54, 1.807) is 4.90 Å². The molecule has 278 valence electrons. The van der Waals surface area contributed by atoms with Crippen LogP contribution in [0.2, 0.25) is 0 Å². The van der Waals surface area contributed by atoms with E-state index >= 15 is 0 Å². The predicted octanol–water partition coefficient (Wildman–Crippen LogP) is 7.57. The van der Waals surface area contributed by atoms with Crippen LogP contribution in [-0.4, -0.2) is 90.3 Å². The molecule has 0 spiro atoms. The molecule has 0 aliphatic carbocycles. The molecule has 0 unspecified atom stereocenters. The average Bonchev–Trinajstić information content (AvgIpc) is 3.16. The molecule has 2 saturated heterocycles. The number of amides is 3. The number of ether oxygens (including phenoxy) is 1. The zero-order valence-electron chi connectivity index (χ0n) is 31.7. The molecule has 0 aromatic heterocycles. The Morgan fingerprint density at radius 2 is 1.16 bits per heavy atom. The van der Waals surface area contributed by atoms with E-state index in [0.717, 1.165) is 70.2 Å². The van der Waals surface area contributed by atoms with Gasteiger partial charge in [0, 0.05) is 63.5 Å². The van der Waals surface area contributed by atoms with Crippen LogP contribution >= 0.6 is 0 Å². The second-order valence-electron chi connectivity index (χ2n) is 14.0. The Morgan fingerprint density at radius 1 is 0.706 bits per heavy atom. The van der Waals surface area contributed by atoms with E-state index in [9.17, 15) is 14.4 Å². The number of rotatable bonds is 9. The first-order chi connectivity index (χ1) is 24.6. The van der Waals surface area contributed by atoms with Gasteiger partial charge >= 0.3 is 6.09 Å². The molecule has 9 nitrogen and oxygen atoms in total. The first kappa shape index (κ1) is 41.2. The van der Waals surface area contributed by atoms with Crippen molar-refractivity contribution in [2.24, 2.45) is 0 Å². The van der Waals surface area contributed by atoms with Gasteiger partial charge in [0.05, 0.1) is 6.04 Å². The number of carbonyl (C=O) groups excluding carboxylic acids is 3. The van der Waals surface area contributed by atoms with Crippen molar-refractivity contribution in [1.29, 1.82) is 0 Å². The van der Waals surface area contributed by atoms with Gasteiger partial charge in [-0.05, 0) is 89.2 Å². The summed E-state index contributed by atoms with van der Waals surface area (Å²) in [5.74, 6) is 0.304. The van der Waals surface area contributed by atoms with Crippen molar-refractivity contribution < 1.29 is 24.2 Å². The van der Waals surface area contributed by atoms with Crippen molar-refractivity contribution in [3.8, 4) is 0 Å². The number of anilines is 2. The molecular formula is C42H60N4O5. The van der Waals surface area contributed by atoms with Crippen LogP contribution in [0, 0.1) is 0 Å². The number of para-hydroxylation sites is 2. The Kier molecular flexibility index (Phi) is 17.2. The standard InChI is InChI=1S/C22H28N2O.C19H28N2O3.CH4O/c1-2-22(25)24(20-12-7-4-8-13-20)21-14-9-16-23(18-21)17-15-19-10-5-3-6-11-19;1-5-17(22)21(15-10-7-6-8-11-15)16-12-9-13-20(14-16)18(23)24-19(2,3)4;1-2/h3-8,10-13,21H,2,9,14-18H2,1H3;6-8,10-11,16H,5,9,12-14H2,1-4H3;2H,1H3/t21-;16-;/m11./s1. The maximum atomic E-state index is 12.6. The summed E-state index contributed by atoms with van der Waals surface area (Å²) in [6.45, 7) is 13.8. The lowest BCUT2D eigenvalue weighted by Gasteiger charge is -2.39. The fraction of sp³-hybridized carbons (Fsp3) is 0.500. The quantitative estimate of drug-likeness (QED) is 0.248. The summed E-state index contributed by atoms with van der Waals surface area (Å²) in [4.78, 5) is 45.6. The van der Waals surface area contributed by atoms with Crippen molar-refractivity contribution in [2.45, 2.75) is 97.2 Å². The van der Waals surface area contributed by atoms with Gasteiger partial charge in [-0.1, -0.05) is 80.6 Å². The Bertz CT molecular complexity index is 1450. The van der Waals surface area contributed by atoms with Gasteiger partial charge in [0.1, 0.15) is 5.60 Å². The third kappa shape index (κ3) is 13.1. The molecule has 3 amide bonds. The van der Waals surface area contributed by atoms with Gasteiger partial charge in [-0.2, -0.15) is 0 Å². The van der Waals surface area contributed by atoms with Gasteiger partial charge in [0.15, 0.2) is 0 Å². The Balaban J connectivity index is 0.000000263. The van der Waals surface area contributed by atoms with Crippen molar-refractivity contribution in [3.05, 3.63) is 96.6 Å². The maximum absolute atomic E-state index is 12.6. The number of benzene rings is 3. The highest BCUT2D eigenvalue weighted by Crippen LogP contribution is 2.26. The largest absolute Gasteiger partial charge is 0.444 e. The Hall–Kier alpha value is -4.21. The van der Waals surface area contributed by atoms with Gasteiger partial charge in [-0.15, -0.1) is 0 Å². The lowest BCUT2D eigenvalue weighted by Crippen LogP contribution is -2.52. The number of hydrogen-bond acceptors (Lipinski definition) is 6. The van der Waals surface area contributed by atoms with Crippen LogP contribution < -0.4 is 9.80 Å². The fourth-order valence-electron chi connectivity index (χ4n) is 6.67. The SMILES string of the molecule is CCC(=O)N(c1ccccc1)[C@@H]1CCCN(C(=O)OC(C)(C)C)C1.CCC(=O)N(c1ccccc1)[C@@H]1CCCN(CCc2ccccc2)C1.CO. The van der Waals surface area contributed by atoms with Crippen LogP contribution in [0.4, 0.5) is 16.2 Å². The summed E-state index contributed by atoms with van der Waals surface area (Å²) in [7, 11) is 1.00. The van der Waals surface area contributed by atoms with Crippen molar-refractivity contribution in [3.63, 3.8) is 0 Å². The van der Waals surface area contributed by atoms with Crippen LogP contribution in [0.15, 0.2) is 91.0 Å². The Labute approximate surface area is 306 Å². The topological polar surface area (TPSA) is 93.6 Å². The van der Waals surface area contributed by atoms with Gasteiger partial charge in [-0.25, -0.2) is 4.79 Å². The van der Waals surface area contributed by atoms with Crippen LogP contribution in [-0.2, 0) is 20.7 Å². The molecule has 0 radical (unpaired) electrons. The lowest BCUT2D eigenvalue weighted by molar-refractivity contribution is -0.119. The van der Waals surface area contributed by atoms with Crippen LogP contribution in [0.25, 0.3) is 0 Å². The number of carbonyl (C=O) groups is 3. The molecule has 0 bridgehead atoms. The van der Waals surface area contributed by atoms with E-state index in [1.807, 2.05) is 92.9 Å². The number of nitrogens with zero attached hydrogens (tertiary/aromatic N) is 4. The first-order valence-electron chi connectivity index (χ1n) is 18.5. The lowest BCUT2D eigenvalue weighted by atomic mass is 10.0. The molecule has 1 N–H and O–H groups in total. The molecule has 51 heavy (non-hydrogen) atoms. The molecule has 3 aromatic rings. The predicted molar refractivity (Wildman–Crippen MR) is 207 cm³/mol. The third-order valence-electron chi connectivity index (χ3n) is 9.03. The third-order valence-corrected chi connectivity index (χ3v) is 9.03. The van der Waals surface area contributed by atoms with E-state index in [2.05, 4.69) is 47.4 Å². The number of likely N-dealkylation sites (tertiary alicyclic amines) is 2. The highest BCUT2D eigenvalue weighted by molar-refractivity contribution is 5.94. The van der Waals surface area contributed by atoms with Gasteiger partial charge in [0.2, 0.25) is 11.8 Å². The minimum absolute atomic E-state index is 0.0129. The van der Waals surface area contributed by atoms with Gasteiger partial charge in [-0.3, -0.25) is 9.59 Å². The molecule has 2 heterocycles. The molecule has 3 aromatic carbocycles. The number of aliphatic hydroxyl groups excluding tert-OH is 1. The zero-order valence-corrected chi connectivity index (χ0v) is 31.7. The molecule has 2 aliphatic rings. The second kappa shape index (κ2) is 21.2. The minimum Gasteiger partial charge on any atom is -0.444 e. The summed E-state index contributed by atoms with van der Waals surface area (Å²) >= 11 is 0. The fourth-order valence-corrected chi connectivity index (χ4v) is 6.67. The van der Waals surface area contributed by atoms with Crippen LogP contribution in [0.1, 0.15) is 78.7 Å². The molecule has 2 atom stereocenters. The molecule has 2 fully saturated rings. The summed E-state index contributed by atoms with van der Waals surface area (Å²) < 4.78 is 5.48. The number of piperidine rings is 2. The first-order valence-corrected chi connectivity index (χ1v) is 18.5. The molecule has 0 saturated carbocycles. The maximum Gasteiger partial charge on any atom is 0.410 e. The normalized spacial score (nSPS) is 17.5. The van der Waals surface area contributed by atoms with Crippen molar-refractivity contribution in [2.75, 3.05) is 49.6 Å². The number of aliphatic hydroxyl groups is 1. The van der Waals surface area contributed by atoms with Crippen LogP contribution in [0.3, 0.4) is 0 Å². The molecule has 2 aliphatic heterocycles. The number of hydrogen-bond donors (Lipinski definition) is 1. The average molecular weight is 701 g/mol. The Morgan fingerprint density at radius 3 is 1.63 bits per heavy atom. The highest BCUT2D eigenvalue weighted by Gasteiger charge is 2.33. The van der Waals surface area contributed by atoms with Crippen molar-refractivity contribution in [1.82, 2.24) is 9.80 Å². The zero-order chi connectivity index (χ0) is 37.2.